The molecule has 0 aliphatic carbocycles. The molecule has 0 spiro atoms. The van der Waals surface area contributed by atoms with Gasteiger partial charge in [0.2, 0.25) is 0 Å². The Morgan fingerprint density at radius 2 is 1.69 bits per heavy atom. The van der Waals surface area contributed by atoms with Gasteiger partial charge in [0.25, 0.3) is 0 Å². The monoisotopic (exact) mass is 384 g/mol. The molecule has 1 aromatic carbocycles. The Morgan fingerprint density at radius 3 is 2.15 bits per heavy atom. The summed E-state index contributed by atoms with van der Waals surface area (Å²) in [5, 5.41) is 0. The Labute approximate surface area is 157 Å². The summed E-state index contributed by atoms with van der Waals surface area (Å²) in [5.41, 5.74) is -0.302. The van der Waals surface area contributed by atoms with E-state index < -0.39 is 34.0 Å². The molecule has 0 N–H and O–H groups in total. The summed E-state index contributed by atoms with van der Waals surface area (Å²) in [6, 6.07) is 5.42. The first-order chi connectivity index (χ1) is 11.9. The lowest BCUT2D eigenvalue weighted by Gasteiger charge is -2.32. The van der Waals surface area contributed by atoms with E-state index in [4.69, 9.17) is 18.8 Å². The minimum atomic E-state index is -3.26. The van der Waals surface area contributed by atoms with E-state index >= 15 is 0 Å². The van der Waals surface area contributed by atoms with Crippen LogP contribution in [0.1, 0.15) is 46.0 Å². The molecule has 1 atom stereocenters. The van der Waals surface area contributed by atoms with Crippen molar-refractivity contribution in [1.82, 2.24) is 0 Å². The lowest BCUT2D eigenvalue weighted by atomic mass is 9.69. The van der Waals surface area contributed by atoms with Gasteiger partial charge < -0.3 is 18.8 Å². The summed E-state index contributed by atoms with van der Waals surface area (Å²) >= 11 is 0. The van der Waals surface area contributed by atoms with Crippen molar-refractivity contribution in [3.63, 3.8) is 0 Å². The van der Waals surface area contributed by atoms with Crippen LogP contribution in [-0.4, -0.2) is 52.5 Å². The summed E-state index contributed by atoms with van der Waals surface area (Å²) < 4.78 is 47.3. The van der Waals surface area contributed by atoms with Crippen molar-refractivity contribution in [3.05, 3.63) is 23.8 Å². The first kappa shape index (κ1) is 21.1. The highest BCUT2D eigenvalue weighted by atomic mass is 32.2. The summed E-state index contributed by atoms with van der Waals surface area (Å²) in [4.78, 5) is 0. The molecule has 146 valence electrons. The summed E-state index contributed by atoms with van der Waals surface area (Å²) in [6.45, 7) is 10.2. The van der Waals surface area contributed by atoms with Crippen LogP contribution in [0, 0.1) is 0 Å². The Balaban J connectivity index is 2.45. The van der Waals surface area contributed by atoms with Crippen LogP contribution in [0.2, 0.25) is 0 Å². The Bertz CT molecular complexity index is 728. The maximum Gasteiger partial charge on any atom is 0.466 e. The number of hydrogen-bond donors (Lipinski definition) is 0. The van der Waals surface area contributed by atoms with Crippen molar-refractivity contribution >= 4 is 17.0 Å². The average molecular weight is 384 g/mol. The van der Waals surface area contributed by atoms with E-state index in [2.05, 4.69) is 0 Å². The molecule has 0 radical (unpaired) electrons. The smallest absolute Gasteiger partial charge is 0.466 e. The Morgan fingerprint density at radius 1 is 1.12 bits per heavy atom. The molecule has 26 heavy (non-hydrogen) atoms. The average Bonchev–Trinajstić information content (AvgIpc) is 2.72. The standard InChI is InChI=1S/C18H29BO6S/c1-8-23-16-11-13(9-10-15(16)22-6)14(12-26(7,20)21)19-24-17(2,3)18(4,5)25-19/h9-11,14H,8,12H2,1-7H3/t14-/m0/s1. The second-order valence-electron chi connectivity index (χ2n) is 7.67. The molecule has 1 saturated heterocycles. The topological polar surface area (TPSA) is 71.1 Å². The lowest BCUT2D eigenvalue weighted by Crippen LogP contribution is -2.41. The van der Waals surface area contributed by atoms with Crippen LogP contribution in [0.25, 0.3) is 0 Å². The number of sulfone groups is 1. The van der Waals surface area contributed by atoms with Crippen molar-refractivity contribution in [3.8, 4) is 11.5 Å². The number of benzene rings is 1. The van der Waals surface area contributed by atoms with Gasteiger partial charge in [-0.3, -0.25) is 0 Å². The molecular formula is C18H29BO6S. The van der Waals surface area contributed by atoms with E-state index in [0.29, 0.717) is 18.1 Å². The number of hydrogen-bond acceptors (Lipinski definition) is 6. The largest absolute Gasteiger partial charge is 0.493 e. The van der Waals surface area contributed by atoms with Crippen molar-refractivity contribution in [2.45, 2.75) is 51.6 Å². The second-order valence-corrected chi connectivity index (χ2v) is 9.85. The van der Waals surface area contributed by atoms with Gasteiger partial charge in [0.1, 0.15) is 9.84 Å². The second kappa shape index (κ2) is 7.41. The first-order valence-electron chi connectivity index (χ1n) is 8.74. The highest BCUT2D eigenvalue weighted by Crippen LogP contribution is 2.42. The van der Waals surface area contributed by atoms with E-state index in [1.807, 2.05) is 46.8 Å². The van der Waals surface area contributed by atoms with Crippen molar-refractivity contribution in [1.29, 1.82) is 0 Å². The quantitative estimate of drug-likeness (QED) is 0.674. The minimum Gasteiger partial charge on any atom is -0.493 e. The molecule has 0 bridgehead atoms. The maximum atomic E-state index is 12.1. The molecule has 0 aromatic heterocycles. The molecule has 1 fully saturated rings. The third kappa shape index (κ3) is 4.53. The van der Waals surface area contributed by atoms with Gasteiger partial charge in [-0.15, -0.1) is 0 Å². The fraction of sp³-hybridized carbons (Fsp3) is 0.667. The summed E-state index contributed by atoms with van der Waals surface area (Å²) in [7, 11) is -2.36. The molecule has 1 aromatic rings. The van der Waals surface area contributed by atoms with E-state index in [1.165, 1.54) is 6.26 Å². The maximum absolute atomic E-state index is 12.1. The third-order valence-corrected chi connectivity index (χ3v) is 5.96. The number of ether oxygens (including phenoxy) is 2. The van der Waals surface area contributed by atoms with Crippen LogP contribution in [0.15, 0.2) is 18.2 Å². The molecule has 0 unspecified atom stereocenters. The fourth-order valence-electron chi connectivity index (χ4n) is 2.90. The van der Waals surface area contributed by atoms with Crippen molar-refractivity contribution < 1.29 is 27.2 Å². The van der Waals surface area contributed by atoms with E-state index in [0.717, 1.165) is 5.56 Å². The fourth-order valence-corrected chi connectivity index (χ4v) is 3.91. The van der Waals surface area contributed by atoms with Gasteiger partial charge in [0, 0.05) is 12.1 Å². The van der Waals surface area contributed by atoms with E-state index in [9.17, 15) is 8.42 Å². The van der Waals surface area contributed by atoms with Gasteiger partial charge in [0.05, 0.1) is 30.7 Å². The molecular weight excluding hydrogens is 355 g/mol. The van der Waals surface area contributed by atoms with Gasteiger partial charge in [-0.1, -0.05) is 6.07 Å². The predicted octanol–water partition coefficient (Wildman–Crippen LogP) is 2.85. The van der Waals surface area contributed by atoms with Gasteiger partial charge in [0.15, 0.2) is 11.5 Å². The zero-order valence-corrected chi connectivity index (χ0v) is 17.5. The van der Waals surface area contributed by atoms with Crippen LogP contribution in [0.5, 0.6) is 11.5 Å². The normalized spacial score (nSPS) is 20.0. The molecule has 1 aliphatic heterocycles. The highest BCUT2D eigenvalue weighted by molar-refractivity contribution is 7.90. The zero-order valence-electron chi connectivity index (χ0n) is 16.7. The number of methoxy groups -OCH3 is 1. The van der Waals surface area contributed by atoms with Crippen molar-refractivity contribution in [2.75, 3.05) is 25.7 Å². The van der Waals surface area contributed by atoms with Crippen LogP contribution in [-0.2, 0) is 19.1 Å². The minimum absolute atomic E-state index is 0.0816. The molecule has 8 heteroatoms. The zero-order chi connectivity index (χ0) is 19.8. The van der Waals surface area contributed by atoms with Crippen LogP contribution in [0.4, 0.5) is 0 Å². The van der Waals surface area contributed by atoms with Crippen molar-refractivity contribution in [2.24, 2.45) is 0 Å². The van der Waals surface area contributed by atoms with Crippen LogP contribution < -0.4 is 9.47 Å². The molecule has 1 aliphatic rings. The molecule has 6 nitrogen and oxygen atoms in total. The SMILES string of the molecule is CCOc1cc([C@H](CS(C)(=O)=O)B2OC(C)(C)C(C)(C)O2)ccc1OC. The summed E-state index contributed by atoms with van der Waals surface area (Å²) in [6.07, 6.45) is 1.22. The Kier molecular flexibility index (Phi) is 6.00. The predicted molar refractivity (Wildman–Crippen MR) is 103 cm³/mol. The van der Waals surface area contributed by atoms with E-state index in [-0.39, 0.29) is 5.75 Å². The van der Waals surface area contributed by atoms with Gasteiger partial charge in [-0.05, 0) is 52.3 Å². The molecule has 1 heterocycles. The number of rotatable bonds is 7. The van der Waals surface area contributed by atoms with Crippen LogP contribution >= 0.6 is 0 Å². The highest BCUT2D eigenvalue weighted by Gasteiger charge is 2.54. The van der Waals surface area contributed by atoms with Gasteiger partial charge >= 0.3 is 7.12 Å². The third-order valence-electron chi connectivity index (χ3n) is 5.00. The van der Waals surface area contributed by atoms with Gasteiger partial charge in [-0.2, -0.15) is 0 Å². The van der Waals surface area contributed by atoms with Crippen LogP contribution in [0.3, 0.4) is 0 Å². The summed E-state index contributed by atoms with van der Waals surface area (Å²) in [5.74, 6) is 0.614. The molecule has 0 amide bonds. The lowest BCUT2D eigenvalue weighted by molar-refractivity contribution is 0.00578. The Hall–Kier alpha value is -1.25. The first-order valence-corrected chi connectivity index (χ1v) is 10.8. The van der Waals surface area contributed by atoms with Gasteiger partial charge in [-0.25, -0.2) is 8.42 Å². The molecule has 0 saturated carbocycles. The van der Waals surface area contributed by atoms with E-state index in [1.54, 1.807) is 13.2 Å². The molecule has 2 rings (SSSR count).